The lowest BCUT2D eigenvalue weighted by molar-refractivity contribution is -0.153. The number of nitrogens with two attached hydrogens (primary N) is 1. The molecule has 1 amide bonds. The summed E-state index contributed by atoms with van der Waals surface area (Å²) in [6, 6.07) is 21.9. The summed E-state index contributed by atoms with van der Waals surface area (Å²) in [5, 5.41) is -0.301. The Kier molecular flexibility index (Phi) is 6.95. The van der Waals surface area contributed by atoms with E-state index in [4.69, 9.17) is 15.2 Å². The van der Waals surface area contributed by atoms with Gasteiger partial charge in [0.05, 0.1) is 7.11 Å². The highest BCUT2D eigenvalue weighted by Crippen LogP contribution is 2.42. The van der Waals surface area contributed by atoms with Crippen LogP contribution in [-0.2, 0) is 25.5 Å². The Morgan fingerprint density at radius 2 is 1.64 bits per heavy atom. The molecular weight excluding hydrogens is 496 g/mol. The average molecular weight is 521 g/mol. The van der Waals surface area contributed by atoms with Crippen molar-refractivity contribution < 1.29 is 23.9 Å². The van der Waals surface area contributed by atoms with Crippen molar-refractivity contribution >= 4 is 40.9 Å². The number of thiophene rings is 1. The Hall–Kier alpha value is -3.40. The standard InChI is InChI=1S/C27H24N2O5S2/c1-33-26(31)20-13-12-19(36-20)14-18-15-35-25-21(28)24(30)29(25)22(18)27(32)34-23(16-8-4-2-5-9-16)17-10-6-3-7-11-17/h2-13,21,23,25H,14-15,28H2,1H3. The van der Waals surface area contributed by atoms with Gasteiger partial charge in [-0.15, -0.1) is 23.1 Å². The number of carbonyl (C=O) groups excluding carboxylic acids is 3. The number of ether oxygens (including phenoxy) is 2. The maximum atomic E-state index is 13.8. The Morgan fingerprint density at radius 1 is 1.00 bits per heavy atom. The van der Waals surface area contributed by atoms with E-state index in [1.807, 2.05) is 66.7 Å². The number of thioether (sulfide) groups is 1. The van der Waals surface area contributed by atoms with Crippen LogP contribution in [0.5, 0.6) is 0 Å². The zero-order chi connectivity index (χ0) is 25.2. The molecule has 2 aliphatic rings. The molecule has 9 heteroatoms. The van der Waals surface area contributed by atoms with E-state index in [1.165, 1.54) is 35.1 Å². The van der Waals surface area contributed by atoms with Crippen LogP contribution in [0, 0.1) is 0 Å². The van der Waals surface area contributed by atoms with Crippen LogP contribution in [0.2, 0.25) is 0 Å². The van der Waals surface area contributed by atoms with E-state index >= 15 is 0 Å². The van der Waals surface area contributed by atoms with Crippen LogP contribution in [0.4, 0.5) is 0 Å². The topological polar surface area (TPSA) is 98.9 Å². The Bertz CT molecular complexity index is 1280. The van der Waals surface area contributed by atoms with E-state index in [0.717, 1.165) is 21.6 Å². The molecule has 0 spiro atoms. The van der Waals surface area contributed by atoms with Crippen molar-refractivity contribution in [2.24, 2.45) is 5.73 Å². The van der Waals surface area contributed by atoms with Crippen molar-refractivity contribution in [3.63, 3.8) is 0 Å². The molecule has 5 rings (SSSR count). The first-order valence-corrected chi connectivity index (χ1v) is 13.2. The second-order valence-corrected chi connectivity index (χ2v) is 10.7. The van der Waals surface area contributed by atoms with E-state index in [0.29, 0.717) is 17.1 Å². The van der Waals surface area contributed by atoms with Crippen LogP contribution < -0.4 is 5.73 Å². The number of methoxy groups -OCH3 is 1. The van der Waals surface area contributed by atoms with Crippen LogP contribution in [0.3, 0.4) is 0 Å². The van der Waals surface area contributed by atoms with Gasteiger partial charge in [0.25, 0.3) is 0 Å². The minimum Gasteiger partial charge on any atom is -0.465 e. The first-order valence-electron chi connectivity index (χ1n) is 11.4. The Balaban J connectivity index is 1.50. The van der Waals surface area contributed by atoms with Gasteiger partial charge in [-0.3, -0.25) is 9.69 Å². The van der Waals surface area contributed by atoms with Crippen LogP contribution in [0.15, 0.2) is 84.1 Å². The molecule has 1 saturated heterocycles. The average Bonchev–Trinajstić information content (AvgIpc) is 3.40. The number of β-lactam (4-membered cyclic amide) rings is 1. The van der Waals surface area contributed by atoms with Crippen molar-refractivity contribution in [2.75, 3.05) is 12.9 Å². The van der Waals surface area contributed by atoms with E-state index in [2.05, 4.69) is 0 Å². The quantitative estimate of drug-likeness (QED) is 0.373. The summed E-state index contributed by atoms with van der Waals surface area (Å²) in [6.07, 6.45) is -0.231. The van der Waals surface area contributed by atoms with Gasteiger partial charge in [-0.2, -0.15) is 0 Å². The second kappa shape index (κ2) is 10.3. The molecule has 2 aromatic carbocycles. The number of esters is 2. The third-order valence-electron chi connectivity index (χ3n) is 6.15. The lowest BCUT2D eigenvalue weighted by Gasteiger charge is -2.48. The summed E-state index contributed by atoms with van der Waals surface area (Å²) in [6.45, 7) is 0. The van der Waals surface area contributed by atoms with Crippen LogP contribution in [-0.4, -0.2) is 47.0 Å². The molecule has 2 N–H and O–H groups in total. The van der Waals surface area contributed by atoms with Crippen molar-refractivity contribution in [3.8, 4) is 0 Å². The van der Waals surface area contributed by atoms with E-state index < -0.39 is 24.1 Å². The number of hydrogen-bond acceptors (Lipinski definition) is 8. The first kappa shape index (κ1) is 24.3. The molecule has 2 aliphatic heterocycles. The van der Waals surface area contributed by atoms with Gasteiger partial charge < -0.3 is 15.2 Å². The summed E-state index contributed by atoms with van der Waals surface area (Å²) in [4.78, 5) is 41.2. The molecule has 7 nitrogen and oxygen atoms in total. The summed E-state index contributed by atoms with van der Waals surface area (Å²) in [7, 11) is 1.34. The zero-order valence-electron chi connectivity index (χ0n) is 19.5. The lowest BCUT2D eigenvalue weighted by Crippen LogP contribution is -2.68. The fourth-order valence-corrected chi connectivity index (χ4v) is 6.61. The number of carbonyl (C=O) groups is 3. The van der Waals surface area contributed by atoms with Gasteiger partial charge >= 0.3 is 11.9 Å². The maximum absolute atomic E-state index is 13.8. The molecule has 0 aliphatic carbocycles. The maximum Gasteiger partial charge on any atom is 0.356 e. The van der Waals surface area contributed by atoms with Crippen molar-refractivity contribution in [2.45, 2.75) is 23.9 Å². The molecule has 1 aromatic heterocycles. The highest BCUT2D eigenvalue weighted by molar-refractivity contribution is 8.00. The Morgan fingerprint density at radius 3 is 2.25 bits per heavy atom. The van der Waals surface area contributed by atoms with Gasteiger partial charge in [-0.1, -0.05) is 60.7 Å². The van der Waals surface area contributed by atoms with Gasteiger partial charge in [0.15, 0.2) is 6.10 Å². The smallest absolute Gasteiger partial charge is 0.356 e. The third kappa shape index (κ3) is 4.57. The predicted octanol–water partition coefficient (Wildman–Crippen LogP) is 3.91. The van der Waals surface area contributed by atoms with Gasteiger partial charge in [0.1, 0.15) is 22.0 Å². The zero-order valence-corrected chi connectivity index (χ0v) is 21.1. The lowest BCUT2D eigenvalue weighted by atomic mass is 10.00. The minimum atomic E-state index is -0.647. The van der Waals surface area contributed by atoms with Crippen molar-refractivity contribution in [1.29, 1.82) is 0 Å². The minimum absolute atomic E-state index is 0.246. The molecule has 0 bridgehead atoms. The first-order chi connectivity index (χ1) is 17.5. The highest BCUT2D eigenvalue weighted by atomic mass is 32.2. The number of amides is 1. The monoisotopic (exact) mass is 520 g/mol. The highest BCUT2D eigenvalue weighted by Gasteiger charge is 2.52. The number of rotatable bonds is 7. The molecule has 0 saturated carbocycles. The summed E-state index contributed by atoms with van der Waals surface area (Å²) >= 11 is 2.83. The number of benzene rings is 2. The second-order valence-electron chi connectivity index (χ2n) is 8.43. The molecule has 1 fully saturated rings. The van der Waals surface area contributed by atoms with Crippen LogP contribution in [0.1, 0.15) is 31.8 Å². The van der Waals surface area contributed by atoms with E-state index in [-0.39, 0.29) is 17.0 Å². The van der Waals surface area contributed by atoms with Gasteiger partial charge in [-0.05, 0) is 28.8 Å². The van der Waals surface area contributed by atoms with Crippen LogP contribution in [0.25, 0.3) is 0 Å². The third-order valence-corrected chi connectivity index (χ3v) is 8.57. The van der Waals surface area contributed by atoms with Crippen LogP contribution >= 0.6 is 23.1 Å². The molecule has 184 valence electrons. The summed E-state index contributed by atoms with van der Waals surface area (Å²) in [5.41, 5.74) is 8.70. The predicted molar refractivity (Wildman–Crippen MR) is 138 cm³/mol. The fraction of sp³-hybridized carbons (Fsp3) is 0.222. The van der Waals surface area contributed by atoms with E-state index in [1.54, 1.807) is 6.07 Å². The van der Waals surface area contributed by atoms with Crippen molar-refractivity contribution in [1.82, 2.24) is 4.90 Å². The molecule has 2 unspecified atom stereocenters. The molecule has 0 radical (unpaired) electrons. The van der Waals surface area contributed by atoms with Gasteiger partial charge in [0.2, 0.25) is 5.91 Å². The molecule has 3 aromatic rings. The van der Waals surface area contributed by atoms with Gasteiger partial charge in [-0.25, -0.2) is 9.59 Å². The number of nitrogens with zero attached hydrogens (tertiary/aromatic N) is 1. The molecule has 2 atom stereocenters. The fourth-order valence-electron chi connectivity index (χ4n) is 4.34. The van der Waals surface area contributed by atoms with Crippen molar-refractivity contribution in [3.05, 3.63) is 105 Å². The number of fused-ring (bicyclic) bond motifs is 1. The normalized spacial score (nSPS) is 19.1. The van der Waals surface area contributed by atoms with E-state index in [9.17, 15) is 14.4 Å². The number of hydrogen-bond donors (Lipinski definition) is 1. The molecular formula is C27H24N2O5S2. The SMILES string of the molecule is COC(=O)c1ccc(CC2=C(C(=O)OC(c3ccccc3)c3ccccc3)N3C(=O)C(N)C3SC2)s1. The molecule has 3 heterocycles. The molecule has 36 heavy (non-hydrogen) atoms. The summed E-state index contributed by atoms with van der Waals surface area (Å²) < 4.78 is 10.9. The Labute approximate surface area is 216 Å². The summed E-state index contributed by atoms with van der Waals surface area (Å²) in [5.74, 6) is -0.748. The van der Waals surface area contributed by atoms with Gasteiger partial charge in [0, 0.05) is 17.1 Å². The largest absolute Gasteiger partial charge is 0.465 e.